The van der Waals surface area contributed by atoms with E-state index in [0.717, 1.165) is 0 Å². The first-order valence-corrected chi connectivity index (χ1v) is 6.44. The first kappa shape index (κ1) is 14.6. The maximum absolute atomic E-state index is 13.3. The molecule has 2 aromatic carbocycles. The fraction of sp³-hybridized carbons (Fsp3) is 0.0714. The maximum Gasteiger partial charge on any atom is 0.262 e. The Balaban J connectivity index is 1.96. The highest BCUT2D eigenvalue weighted by atomic mass is 35.5. The molecule has 0 atom stereocenters. The number of anilines is 1. The Labute approximate surface area is 125 Å². The Morgan fingerprint density at radius 2 is 1.95 bits per heavy atom. The second-order valence-electron chi connectivity index (χ2n) is 3.89. The molecular formula is C14H10Cl2FNO2. The van der Waals surface area contributed by atoms with Crippen LogP contribution in [0.5, 0.6) is 5.75 Å². The second-order valence-corrected chi connectivity index (χ2v) is 4.74. The number of benzene rings is 2. The third-order valence-corrected chi connectivity index (χ3v) is 2.95. The molecule has 1 amide bonds. The van der Waals surface area contributed by atoms with Gasteiger partial charge >= 0.3 is 0 Å². The number of carbonyl (C=O) groups is 1. The van der Waals surface area contributed by atoms with Crippen molar-refractivity contribution in [1.82, 2.24) is 0 Å². The number of para-hydroxylation sites is 1. The van der Waals surface area contributed by atoms with Gasteiger partial charge in [-0.1, -0.05) is 35.3 Å². The van der Waals surface area contributed by atoms with E-state index < -0.39 is 11.7 Å². The zero-order valence-electron chi connectivity index (χ0n) is 10.2. The van der Waals surface area contributed by atoms with E-state index in [1.54, 1.807) is 18.2 Å². The summed E-state index contributed by atoms with van der Waals surface area (Å²) >= 11 is 11.7. The number of rotatable bonds is 4. The normalized spacial score (nSPS) is 10.2. The third-order valence-electron chi connectivity index (χ3n) is 2.40. The number of ether oxygens (including phenoxy) is 1. The van der Waals surface area contributed by atoms with E-state index in [4.69, 9.17) is 27.9 Å². The van der Waals surface area contributed by atoms with Crippen LogP contribution in [0.15, 0.2) is 42.5 Å². The Morgan fingerprint density at radius 1 is 1.20 bits per heavy atom. The third kappa shape index (κ3) is 3.85. The SMILES string of the molecule is O=C(COc1cc(Cl)ccc1Cl)Nc1ccccc1F. The maximum atomic E-state index is 13.3. The molecule has 0 heterocycles. The number of carbonyl (C=O) groups excluding carboxylic acids is 1. The summed E-state index contributed by atoms with van der Waals surface area (Å²) in [5.74, 6) is -0.712. The van der Waals surface area contributed by atoms with Gasteiger partial charge in [0.05, 0.1) is 10.7 Å². The number of hydrogen-bond acceptors (Lipinski definition) is 2. The minimum atomic E-state index is -0.512. The number of halogens is 3. The Bertz CT molecular complexity index is 634. The van der Waals surface area contributed by atoms with Gasteiger partial charge in [0, 0.05) is 11.1 Å². The molecule has 1 N–H and O–H groups in total. The quantitative estimate of drug-likeness (QED) is 0.920. The molecule has 0 saturated carbocycles. The van der Waals surface area contributed by atoms with E-state index in [-0.39, 0.29) is 12.3 Å². The molecule has 0 saturated heterocycles. The van der Waals surface area contributed by atoms with Crippen LogP contribution in [0, 0.1) is 5.82 Å². The van der Waals surface area contributed by atoms with E-state index in [1.165, 1.54) is 24.3 Å². The molecule has 0 aliphatic carbocycles. The Morgan fingerprint density at radius 3 is 2.70 bits per heavy atom. The lowest BCUT2D eigenvalue weighted by Gasteiger charge is -2.09. The number of amides is 1. The van der Waals surface area contributed by atoms with Crippen LogP contribution in [0.2, 0.25) is 10.0 Å². The molecule has 2 aromatic rings. The van der Waals surface area contributed by atoms with Gasteiger partial charge in [0.15, 0.2) is 6.61 Å². The molecule has 0 bridgehead atoms. The molecular weight excluding hydrogens is 304 g/mol. The summed E-state index contributed by atoms with van der Waals surface area (Å²) in [6.07, 6.45) is 0. The summed E-state index contributed by atoms with van der Waals surface area (Å²) in [5.41, 5.74) is 0.0956. The van der Waals surface area contributed by atoms with Crippen LogP contribution in [-0.2, 0) is 4.79 Å². The van der Waals surface area contributed by atoms with Gasteiger partial charge < -0.3 is 10.1 Å². The fourth-order valence-corrected chi connectivity index (χ4v) is 1.81. The minimum Gasteiger partial charge on any atom is -0.482 e. The van der Waals surface area contributed by atoms with Crippen LogP contribution in [0.3, 0.4) is 0 Å². The first-order valence-electron chi connectivity index (χ1n) is 5.68. The van der Waals surface area contributed by atoms with Gasteiger partial charge in [-0.25, -0.2) is 4.39 Å². The second kappa shape index (κ2) is 6.59. The predicted molar refractivity (Wildman–Crippen MR) is 77.0 cm³/mol. The summed E-state index contributed by atoms with van der Waals surface area (Å²) in [5, 5.41) is 3.18. The molecule has 0 radical (unpaired) electrons. The van der Waals surface area contributed by atoms with E-state index in [0.29, 0.717) is 15.8 Å². The lowest BCUT2D eigenvalue weighted by atomic mass is 10.3. The highest BCUT2D eigenvalue weighted by molar-refractivity contribution is 6.34. The largest absolute Gasteiger partial charge is 0.482 e. The molecule has 6 heteroatoms. The van der Waals surface area contributed by atoms with Crippen molar-refractivity contribution in [2.24, 2.45) is 0 Å². The Hall–Kier alpha value is -1.78. The van der Waals surface area contributed by atoms with Gasteiger partial charge in [-0.3, -0.25) is 4.79 Å². The molecule has 0 aliphatic rings. The lowest BCUT2D eigenvalue weighted by Crippen LogP contribution is -2.20. The molecule has 0 spiro atoms. The van der Waals surface area contributed by atoms with Crippen molar-refractivity contribution in [2.45, 2.75) is 0 Å². The number of hydrogen-bond donors (Lipinski definition) is 1. The van der Waals surface area contributed by atoms with E-state index in [9.17, 15) is 9.18 Å². The smallest absolute Gasteiger partial charge is 0.262 e. The van der Waals surface area contributed by atoms with Crippen molar-refractivity contribution < 1.29 is 13.9 Å². The summed E-state index contributed by atoms with van der Waals surface area (Å²) in [4.78, 5) is 11.7. The van der Waals surface area contributed by atoms with Crippen molar-refractivity contribution in [2.75, 3.05) is 11.9 Å². The fourth-order valence-electron chi connectivity index (χ4n) is 1.48. The predicted octanol–water partition coefficient (Wildman–Crippen LogP) is 4.15. The average molecular weight is 314 g/mol. The van der Waals surface area contributed by atoms with Crippen molar-refractivity contribution in [3.8, 4) is 5.75 Å². The van der Waals surface area contributed by atoms with Crippen LogP contribution in [0.1, 0.15) is 0 Å². The summed E-state index contributed by atoms with van der Waals surface area (Å²) in [6, 6.07) is 10.5. The highest BCUT2D eigenvalue weighted by Gasteiger charge is 2.09. The van der Waals surface area contributed by atoms with Gasteiger partial charge in [0.1, 0.15) is 11.6 Å². The van der Waals surface area contributed by atoms with Crippen molar-refractivity contribution in [3.63, 3.8) is 0 Å². The van der Waals surface area contributed by atoms with E-state index in [1.807, 2.05) is 0 Å². The topological polar surface area (TPSA) is 38.3 Å². The summed E-state index contributed by atoms with van der Waals surface area (Å²) in [7, 11) is 0. The van der Waals surface area contributed by atoms with Crippen LogP contribution < -0.4 is 10.1 Å². The lowest BCUT2D eigenvalue weighted by molar-refractivity contribution is -0.118. The molecule has 0 aliphatic heterocycles. The van der Waals surface area contributed by atoms with Crippen LogP contribution in [0.4, 0.5) is 10.1 Å². The summed E-state index contributed by atoms with van der Waals surface area (Å²) in [6.45, 7) is -0.297. The minimum absolute atomic E-state index is 0.0956. The van der Waals surface area contributed by atoms with Crippen LogP contribution >= 0.6 is 23.2 Å². The van der Waals surface area contributed by atoms with Gasteiger partial charge in [-0.2, -0.15) is 0 Å². The van der Waals surface area contributed by atoms with Gasteiger partial charge in [0.2, 0.25) is 0 Å². The van der Waals surface area contributed by atoms with Crippen molar-refractivity contribution in [1.29, 1.82) is 0 Å². The van der Waals surface area contributed by atoms with Gasteiger partial charge in [-0.05, 0) is 24.3 Å². The molecule has 2 rings (SSSR count). The van der Waals surface area contributed by atoms with Crippen molar-refractivity contribution >= 4 is 34.8 Å². The van der Waals surface area contributed by atoms with Crippen LogP contribution in [0.25, 0.3) is 0 Å². The standard InChI is InChI=1S/C14H10Cl2FNO2/c15-9-5-6-10(16)13(7-9)20-8-14(19)18-12-4-2-1-3-11(12)17/h1-7H,8H2,(H,18,19). The zero-order chi connectivity index (χ0) is 14.5. The molecule has 0 unspecified atom stereocenters. The molecule has 3 nitrogen and oxygen atoms in total. The van der Waals surface area contributed by atoms with Gasteiger partial charge in [0.25, 0.3) is 5.91 Å². The van der Waals surface area contributed by atoms with Gasteiger partial charge in [-0.15, -0.1) is 0 Å². The van der Waals surface area contributed by atoms with Crippen molar-refractivity contribution in [3.05, 3.63) is 58.3 Å². The first-order chi connectivity index (χ1) is 9.56. The number of nitrogens with one attached hydrogen (secondary N) is 1. The average Bonchev–Trinajstić information content (AvgIpc) is 2.42. The molecule has 20 heavy (non-hydrogen) atoms. The Kier molecular flexibility index (Phi) is 4.82. The van der Waals surface area contributed by atoms with E-state index >= 15 is 0 Å². The van der Waals surface area contributed by atoms with E-state index in [2.05, 4.69) is 5.32 Å². The molecule has 0 fully saturated rings. The monoisotopic (exact) mass is 313 g/mol. The van der Waals surface area contributed by atoms with Crippen LogP contribution in [-0.4, -0.2) is 12.5 Å². The zero-order valence-corrected chi connectivity index (χ0v) is 11.7. The highest BCUT2D eigenvalue weighted by Crippen LogP contribution is 2.27. The molecule has 0 aromatic heterocycles. The summed E-state index contributed by atoms with van der Waals surface area (Å²) < 4.78 is 18.6. The molecule has 104 valence electrons.